The van der Waals surface area contributed by atoms with Crippen molar-refractivity contribution in [1.29, 1.82) is 0 Å². The largest absolute Gasteiger partial charge is 0.493 e. The monoisotopic (exact) mass is 374 g/mol. The highest BCUT2D eigenvalue weighted by atomic mass is 16.5. The van der Waals surface area contributed by atoms with Gasteiger partial charge in [0.15, 0.2) is 0 Å². The van der Waals surface area contributed by atoms with Gasteiger partial charge < -0.3 is 15.4 Å². The minimum Gasteiger partial charge on any atom is -0.493 e. The minimum atomic E-state index is 0.0498. The topological polar surface area (TPSA) is 55.6 Å². The number of nitrogens with two attached hydrogens (primary N) is 1. The zero-order chi connectivity index (χ0) is 19.7. The van der Waals surface area contributed by atoms with Gasteiger partial charge in [-0.05, 0) is 34.4 Å². The van der Waals surface area contributed by atoms with Crippen molar-refractivity contribution in [2.24, 2.45) is 11.7 Å². The fourth-order valence-corrected chi connectivity index (χ4v) is 3.65. The van der Waals surface area contributed by atoms with Gasteiger partial charge in [-0.3, -0.25) is 4.79 Å². The smallest absolute Gasteiger partial charge is 0.254 e. The number of rotatable bonds is 5. The molecule has 1 aliphatic heterocycles. The molecule has 1 aliphatic rings. The van der Waals surface area contributed by atoms with Crippen LogP contribution in [0, 0.1) is 5.92 Å². The molecule has 0 aromatic heterocycles. The lowest BCUT2D eigenvalue weighted by Gasteiger charge is -2.37. The third-order valence-electron chi connectivity index (χ3n) is 5.10. The molecule has 4 nitrogen and oxygen atoms in total. The first kappa shape index (κ1) is 18.5. The number of amides is 1. The van der Waals surface area contributed by atoms with Crippen LogP contribution in [0.3, 0.4) is 0 Å². The van der Waals surface area contributed by atoms with E-state index >= 15 is 0 Å². The van der Waals surface area contributed by atoms with E-state index in [1.54, 1.807) is 0 Å². The Morgan fingerprint density at radius 2 is 1.68 bits per heavy atom. The zero-order valence-corrected chi connectivity index (χ0v) is 16.4. The van der Waals surface area contributed by atoms with Crippen molar-refractivity contribution < 1.29 is 9.53 Å². The number of likely N-dealkylation sites (tertiary alicyclic amines) is 1. The van der Waals surface area contributed by atoms with Crippen LogP contribution in [-0.2, 0) is 0 Å². The number of hydrogen-bond acceptors (Lipinski definition) is 3. The van der Waals surface area contributed by atoms with E-state index < -0.39 is 0 Å². The summed E-state index contributed by atoms with van der Waals surface area (Å²) in [5.41, 5.74) is 8.71. The summed E-state index contributed by atoms with van der Waals surface area (Å²) in [6.07, 6.45) is 0. The fourth-order valence-electron chi connectivity index (χ4n) is 3.65. The summed E-state index contributed by atoms with van der Waals surface area (Å²) in [5, 5.41) is 2.02. The molecule has 0 atom stereocenters. The summed E-state index contributed by atoms with van der Waals surface area (Å²) >= 11 is 0. The van der Waals surface area contributed by atoms with Gasteiger partial charge in [0.05, 0.1) is 6.61 Å². The van der Waals surface area contributed by atoms with Crippen LogP contribution < -0.4 is 10.5 Å². The minimum absolute atomic E-state index is 0.0498. The molecule has 0 bridgehead atoms. The van der Waals surface area contributed by atoms with E-state index in [9.17, 15) is 4.79 Å². The number of ether oxygens (including phenoxy) is 1. The van der Waals surface area contributed by atoms with Gasteiger partial charge in [0.1, 0.15) is 5.75 Å². The molecule has 1 amide bonds. The third-order valence-corrected chi connectivity index (χ3v) is 5.10. The van der Waals surface area contributed by atoms with Crippen LogP contribution in [0.15, 0.2) is 60.7 Å². The first-order valence-electron chi connectivity index (χ1n) is 9.83. The maximum atomic E-state index is 12.9. The van der Waals surface area contributed by atoms with Gasteiger partial charge in [-0.25, -0.2) is 0 Å². The number of hydrogen-bond donors (Lipinski definition) is 1. The van der Waals surface area contributed by atoms with Gasteiger partial charge in [0.2, 0.25) is 0 Å². The number of carbonyl (C=O) groups excluding carboxylic acids is 1. The third kappa shape index (κ3) is 3.48. The summed E-state index contributed by atoms with van der Waals surface area (Å²) in [5.74, 6) is 1.37. The van der Waals surface area contributed by atoms with Crippen molar-refractivity contribution in [2.45, 2.75) is 19.9 Å². The van der Waals surface area contributed by atoms with Crippen molar-refractivity contribution in [1.82, 2.24) is 4.90 Å². The van der Waals surface area contributed by atoms with Crippen LogP contribution in [0.4, 0.5) is 0 Å². The molecular weight excluding hydrogens is 348 g/mol. The van der Waals surface area contributed by atoms with Crippen molar-refractivity contribution in [3.05, 3.63) is 66.2 Å². The molecule has 2 N–H and O–H groups in total. The van der Waals surface area contributed by atoms with E-state index in [1.807, 2.05) is 47.4 Å². The van der Waals surface area contributed by atoms with Crippen LogP contribution in [0.1, 0.15) is 24.2 Å². The van der Waals surface area contributed by atoms with E-state index in [4.69, 9.17) is 10.5 Å². The molecule has 4 heteroatoms. The summed E-state index contributed by atoms with van der Waals surface area (Å²) < 4.78 is 6.07. The van der Waals surface area contributed by atoms with Crippen LogP contribution in [0.5, 0.6) is 5.75 Å². The van der Waals surface area contributed by atoms with Crippen LogP contribution in [0.25, 0.3) is 21.9 Å². The molecule has 4 rings (SSSR count). The van der Waals surface area contributed by atoms with E-state index in [-0.39, 0.29) is 11.9 Å². The Morgan fingerprint density at radius 3 is 2.43 bits per heavy atom. The maximum absolute atomic E-state index is 12.9. The number of nitrogens with zero attached hydrogens (tertiary/aromatic N) is 1. The van der Waals surface area contributed by atoms with Gasteiger partial charge in [-0.15, -0.1) is 0 Å². The van der Waals surface area contributed by atoms with Gasteiger partial charge in [-0.1, -0.05) is 62.4 Å². The highest BCUT2D eigenvalue weighted by molar-refractivity contribution is 6.11. The number of para-hydroxylation sites is 1. The Balaban J connectivity index is 1.78. The molecule has 1 saturated heterocycles. The predicted molar refractivity (Wildman–Crippen MR) is 114 cm³/mol. The molecule has 0 saturated carbocycles. The second-order valence-corrected chi connectivity index (χ2v) is 7.88. The maximum Gasteiger partial charge on any atom is 0.254 e. The van der Waals surface area contributed by atoms with Crippen LogP contribution in [0.2, 0.25) is 0 Å². The second kappa shape index (κ2) is 7.64. The Kier molecular flexibility index (Phi) is 5.05. The SMILES string of the molecule is CC(C)COc1ccccc1-c1cccc2c(C(=O)N3CC(N)C3)cccc12. The van der Waals surface area contributed by atoms with Crippen molar-refractivity contribution in [3.63, 3.8) is 0 Å². The molecular formula is C24H26N2O2. The second-order valence-electron chi connectivity index (χ2n) is 7.88. The highest BCUT2D eigenvalue weighted by Crippen LogP contribution is 2.36. The molecule has 0 radical (unpaired) electrons. The molecule has 1 heterocycles. The number of benzene rings is 3. The first-order valence-corrected chi connectivity index (χ1v) is 9.83. The first-order chi connectivity index (χ1) is 13.5. The summed E-state index contributed by atoms with van der Waals surface area (Å²) in [6.45, 7) is 6.20. The number of fused-ring (bicyclic) bond motifs is 1. The van der Waals surface area contributed by atoms with E-state index in [1.165, 1.54) is 0 Å². The van der Waals surface area contributed by atoms with Gasteiger partial charge >= 0.3 is 0 Å². The molecule has 0 unspecified atom stereocenters. The normalized spacial score (nSPS) is 14.4. The van der Waals surface area contributed by atoms with E-state index in [2.05, 4.69) is 32.0 Å². The molecule has 3 aromatic carbocycles. The molecule has 144 valence electrons. The van der Waals surface area contributed by atoms with Gasteiger partial charge in [-0.2, -0.15) is 0 Å². The summed E-state index contributed by atoms with van der Waals surface area (Å²) in [4.78, 5) is 14.7. The molecule has 1 fully saturated rings. The molecule has 0 spiro atoms. The average Bonchev–Trinajstić information content (AvgIpc) is 2.68. The Hall–Kier alpha value is -2.85. The Bertz CT molecular complexity index is 1010. The van der Waals surface area contributed by atoms with E-state index in [0.717, 1.165) is 33.2 Å². The molecule has 28 heavy (non-hydrogen) atoms. The fraction of sp³-hybridized carbons (Fsp3) is 0.292. The van der Waals surface area contributed by atoms with Gasteiger partial charge in [0.25, 0.3) is 5.91 Å². The lowest BCUT2D eigenvalue weighted by atomic mass is 9.94. The van der Waals surface area contributed by atoms with E-state index in [0.29, 0.717) is 25.6 Å². The standard InChI is InChI=1S/C24H26N2O2/c1-16(2)15-28-23-12-4-3-7-21(23)19-9-5-10-20-18(19)8-6-11-22(20)24(27)26-13-17(25)14-26/h3-12,16-17H,13-15,25H2,1-2H3. The van der Waals surface area contributed by atoms with Crippen molar-refractivity contribution in [3.8, 4) is 16.9 Å². The highest BCUT2D eigenvalue weighted by Gasteiger charge is 2.29. The lowest BCUT2D eigenvalue weighted by Crippen LogP contribution is -2.57. The summed E-state index contributed by atoms with van der Waals surface area (Å²) in [6, 6.07) is 20.2. The average molecular weight is 374 g/mol. The molecule has 3 aromatic rings. The van der Waals surface area contributed by atoms with Crippen LogP contribution >= 0.6 is 0 Å². The lowest BCUT2D eigenvalue weighted by molar-refractivity contribution is 0.0610. The quantitative estimate of drug-likeness (QED) is 0.723. The Morgan fingerprint density at radius 1 is 1.00 bits per heavy atom. The Labute approximate surface area is 165 Å². The summed E-state index contributed by atoms with van der Waals surface area (Å²) in [7, 11) is 0. The van der Waals surface area contributed by atoms with Crippen molar-refractivity contribution >= 4 is 16.7 Å². The zero-order valence-electron chi connectivity index (χ0n) is 16.4. The van der Waals surface area contributed by atoms with Crippen LogP contribution in [-0.4, -0.2) is 36.5 Å². The number of carbonyl (C=O) groups is 1. The van der Waals surface area contributed by atoms with Gasteiger partial charge in [0, 0.05) is 30.3 Å². The molecule has 0 aliphatic carbocycles. The van der Waals surface area contributed by atoms with Crippen molar-refractivity contribution in [2.75, 3.05) is 19.7 Å². The predicted octanol–water partition coefficient (Wildman–Crippen LogP) is 4.32.